The summed E-state index contributed by atoms with van der Waals surface area (Å²) < 4.78 is 13.1. The van der Waals surface area contributed by atoms with E-state index in [4.69, 9.17) is 0 Å². The van der Waals surface area contributed by atoms with Crippen LogP contribution in [-0.4, -0.2) is 17.6 Å². The molecule has 108 valence electrons. The third-order valence-electron chi connectivity index (χ3n) is 3.77. The van der Waals surface area contributed by atoms with Gasteiger partial charge in [0.05, 0.1) is 5.01 Å². The topological polar surface area (TPSA) is 24.9 Å². The van der Waals surface area contributed by atoms with Crippen LogP contribution < -0.4 is 5.32 Å². The van der Waals surface area contributed by atoms with E-state index < -0.39 is 0 Å². The molecule has 0 radical (unpaired) electrons. The van der Waals surface area contributed by atoms with Crippen LogP contribution in [0.15, 0.2) is 35.8 Å². The summed E-state index contributed by atoms with van der Waals surface area (Å²) in [5.74, 6) is -0.190. The Labute approximate surface area is 124 Å². The van der Waals surface area contributed by atoms with Crippen molar-refractivity contribution >= 4 is 11.3 Å². The van der Waals surface area contributed by atoms with Crippen molar-refractivity contribution in [2.45, 2.75) is 38.6 Å². The molecule has 0 fully saturated rings. The molecule has 20 heavy (non-hydrogen) atoms. The molecule has 2 rings (SSSR count). The summed E-state index contributed by atoms with van der Waals surface area (Å²) in [6, 6.07) is 7.08. The first-order valence-electron chi connectivity index (χ1n) is 6.92. The van der Waals surface area contributed by atoms with E-state index in [2.05, 4.69) is 31.1 Å². The van der Waals surface area contributed by atoms with Gasteiger partial charge >= 0.3 is 0 Å². The highest BCUT2D eigenvalue weighted by Gasteiger charge is 2.31. The van der Waals surface area contributed by atoms with E-state index in [1.807, 2.05) is 23.7 Å². The number of halogens is 1. The van der Waals surface area contributed by atoms with Crippen molar-refractivity contribution < 1.29 is 4.39 Å². The van der Waals surface area contributed by atoms with E-state index in [9.17, 15) is 4.39 Å². The lowest BCUT2D eigenvalue weighted by molar-refractivity contribution is 0.342. The Balaban J connectivity index is 2.23. The maximum Gasteiger partial charge on any atom is 0.123 e. The molecule has 0 bridgehead atoms. The number of hydrogen-bond donors (Lipinski definition) is 1. The Bertz CT molecular complexity index is 520. The molecule has 1 N–H and O–H groups in total. The van der Waals surface area contributed by atoms with Gasteiger partial charge in [0.1, 0.15) is 5.82 Å². The zero-order valence-electron chi connectivity index (χ0n) is 12.2. The van der Waals surface area contributed by atoms with Crippen LogP contribution in [0.25, 0.3) is 0 Å². The van der Waals surface area contributed by atoms with Gasteiger partial charge in [-0.05, 0) is 24.2 Å². The van der Waals surface area contributed by atoms with Crippen LogP contribution in [0.1, 0.15) is 31.3 Å². The maximum absolute atomic E-state index is 13.1. The van der Waals surface area contributed by atoms with E-state index >= 15 is 0 Å². The lowest BCUT2D eigenvalue weighted by Gasteiger charge is -2.35. The van der Waals surface area contributed by atoms with Crippen molar-refractivity contribution in [2.24, 2.45) is 0 Å². The fourth-order valence-corrected chi connectivity index (χ4v) is 3.10. The lowest BCUT2D eigenvalue weighted by Crippen LogP contribution is -2.46. The minimum absolute atomic E-state index is 0.0879. The lowest BCUT2D eigenvalue weighted by atomic mass is 9.76. The molecular formula is C16H21FN2S. The largest absolute Gasteiger partial charge is 0.313 e. The van der Waals surface area contributed by atoms with Crippen LogP contribution in [0.3, 0.4) is 0 Å². The van der Waals surface area contributed by atoms with Gasteiger partial charge < -0.3 is 5.32 Å². The van der Waals surface area contributed by atoms with Crippen LogP contribution in [0.5, 0.6) is 0 Å². The molecule has 0 amide bonds. The fraction of sp³-hybridized carbons (Fsp3) is 0.438. The van der Waals surface area contributed by atoms with Crippen LogP contribution in [-0.2, 0) is 11.8 Å². The molecule has 1 atom stereocenters. The summed E-state index contributed by atoms with van der Waals surface area (Å²) in [5.41, 5.74) is 1.05. The molecule has 1 aromatic carbocycles. The van der Waals surface area contributed by atoms with Crippen LogP contribution >= 0.6 is 11.3 Å². The average molecular weight is 292 g/mol. The fourth-order valence-electron chi connectivity index (χ4n) is 2.44. The molecule has 0 aliphatic carbocycles. The number of thiazole rings is 1. The predicted molar refractivity (Wildman–Crippen MR) is 82.7 cm³/mol. The van der Waals surface area contributed by atoms with Crippen LogP contribution in [0, 0.1) is 5.82 Å². The molecule has 1 unspecified atom stereocenters. The number of nitrogens with one attached hydrogen (secondary N) is 1. The van der Waals surface area contributed by atoms with Crippen molar-refractivity contribution in [3.63, 3.8) is 0 Å². The molecule has 4 heteroatoms. The Kier molecular flexibility index (Phi) is 4.89. The Morgan fingerprint density at radius 3 is 2.55 bits per heavy atom. The quantitative estimate of drug-likeness (QED) is 0.876. The smallest absolute Gasteiger partial charge is 0.123 e. The average Bonchev–Trinajstić information content (AvgIpc) is 2.92. The Hall–Kier alpha value is -1.26. The molecular weight excluding hydrogens is 271 g/mol. The minimum atomic E-state index is -0.190. The normalized spacial score (nSPS) is 13.4. The molecule has 1 aromatic heterocycles. The van der Waals surface area contributed by atoms with Gasteiger partial charge in [0.2, 0.25) is 0 Å². The molecule has 0 aliphatic heterocycles. The summed E-state index contributed by atoms with van der Waals surface area (Å²) in [4.78, 5) is 4.38. The van der Waals surface area contributed by atoms with Gasteiger partial charge in [-0.2, -0.15) is 0 Å². The van der Waals surface area contributed by atoms with Gasteiger partial charge in [0, 0.05) is 29.5 Å². The number of likely N-dealkylation sites (N-methyl/N-ethyl adjacent to an activating group) is 1. The summed E-state index contributed by atoms with van der Waals surface area (Å²) in [5, 5.41) is 6.68. The van der Waals surface area contributed by atoms with Crippen LogP contribution in [0.4, 0.5) is 4.39 Å². The van der Waals surface area contributed by atoms with Gasteiger partial charge in [-0.25, -0.2) is 9.37 Å². The standard InChI is InChI=1S/C16H21FN2S/c1-4-18-14(11-15-19-9-10-20-15)16(2,3)12-5-7-13(17)8-6-12/h5-10,14,18H,4,11H2,1-3H3. The maximum atomic E-state index is 13.1. The van der Waals surface area contributed by atoms with E-state index in [-0.39, 0.29) is 17.3 Å². The third kappa shape index (κ3) is 3.44. The SMILES string of the molecule is CCNC(Cc1nccs1)C(C)(C)c1ccc(F)cc1. The number of hydrogen-bond acceptors (Lipinski definition) is 3. The highest BCUT2D eigenvalue weighted by atomic mass is 32.1. The predicted octanol–water partition coefficient (Wildman–Crippen LogP) is 3.78. The Morgan fingerprint density at radius 1 is 1.30 bits per heavy atom. The first-order valence-corrected chi connectivity index (χ1v) is 7.79. The second-order valence-electron chi connectivity index (χ2n) is 5.47. The summed E-state index contributed by atoms with van der Waals surface area (Å²) in [6.07, 6.45) is 2.73. The first-order chi connectivity index (χ1) is 9.54. The van der Waals surface area contributed by atoms with Crippen molar-refractivity contribution in [2.75, 3.05) is 6.54 Å². The zero-order valence-corrected chi connectivity index (χ0v) is 13.0. The number of nitrogens with zero attached hydrogens (tertiary/aromatic N) is 1. The van der Waals surface area contributed by atoms with E-state index in [0.29, 0.717) is 0 Å². The highest BCUT2D eigenvalue weighted by molar-refractivity contribution is 7.09. The van der Waals surface area contributed by atoms with Crippen molar-refractivity contribution in [1.29, 1.82) is 0 Å². The van der Waals surface area contributed by atoms with E-state index in [1.165, 1.54) is 12.1 Å². The summed E-state index contributed by atoms with van der Waals surface area (Å²) in [6.45, 7) is 7.40. The monoisotopic (exact) mass is 292 g/mol. The summed E-state index contributed by atoms with van der Waals surface area (Å²) in [7, 11) is 0. The second kappa shape index (κ2) is 6.46. The van der Waals surface area contributed by atoms with Gasteiger partial charge in [0.15, 0.2) is 0 Å². The molecule has 0 aliphatic rings. The minimum Gasteiger partial charge on any atom is -0.313 e. The van der Waals surface area contributed by atoms with Gasteiger partial charge in [-0.1, -0.05) is 32.9 Å². The molecule has 1 heterocycles. The molecule has 0 spiro atoms. The molecule has 2 nitrogen and oxygen atoms in total. The van der Waals surface area contributed by atoms with E-state index in [1.54, 1.807) is 11.3 Å². The zero-order chi connectivity index (χ0) is 14.6. The van der Waals surface area contributed by atoms with Gasteiger partial charge in [-0.3, -0.25) is 0 Å². The Morgan fingerprint density at radius 2 is 2.00 bits per heavy atom. The number of aromatic nitrogens is 1. The summed E-state index contributed by atoms with van der Waals surface area (Å²) >= 11 is 1.68. The van der Waals surface area contributed by atoms with Crippen molar-refractivity contribution in [3.05, 3.63) is 52.2 Å². The molecule has 0 saturated heterocycles. The molecule has 0 saturated carbocycles. The third-order valence-corrected chi connectivity index (χ3v) is 4.57. The van der Waals surface area contributed by atoms with E-state index in [0.717, 1.165) is 23.5 Å². The second-order valence-corrected chi connectivity index (χ2v) is 6.45. The number of benzene rings is 1. The van der Waals surface area contributed by atoms with Crippen molar-refractivity contribution in [3.8, 4) is 0 Å². The first kappa shape index (κ1) is 15.1. The number of rotatable bonds is 6. The highest BCUT2D eigenvalue weighted by Crippen LogP contribution is 2.29. The van der Waals surface area contributed by atoms with Crippen LogP contribution in [0.2, 0.25) is 0 Å². The van der Waals surface area contributed by atoms with Gasteiger partial charge in [-0.15, -0.1) is 11.3 Å². The van der Waals surface area contributed by atoms with Crippen molar-refractivity contribution in [1.82, 2.24) is 10.3 Å². The van der Waals surface area contributed by atoms with Gasteiger partial charge in [0.25, 0.3) is 0 Å². The molecule has 2 aromatic rings.